The molecule has 0 aliphatic heterocycles. The number of hydrogen-bond acceptors (Lipinski definition) is 3. The average Bonchev–Trinajstić information content (AvgIpc) is 2.35. The molecular weight excluding hydrogens is 290 g/mol. The van der Waals surface area contributed by atoms with E-state index in [4.69, 9.17) is 11.6 Å². The molecule has 2 aromatic carbocycles. The van der Waals surface area contributed by atoms with E-state index in [-0.39, 0.29) is 6.04 Å². The number of nitrogens with one attached hydrogen (secondary N) is 1. The van der Waals surface area contributed by atoms with Gasteiger partial charge in [-0.25, -0.2) is 5.43 Å². The molecular formula is C14H16BrN3. The highest BCUT2D eigenvalue weighted by Crippen LogP contribution is 2.29. The van der Waals surface area contributed by atoms with Crippen molar-refractivity contribution in [2.24, 2.45) is 5.84 Å². The van der Waals surface area contributed by atoms with Crippen molar-refractivity contribution >= 4 is 21.6 Å². The lowest BCUT2D eigenvalue weighted by molar-refractivity contribution is 0.638. The van der Waals surface area contributed by atoms with Gasteiger partial charge in [0.2, 0.25) is 0 Å². The predicted octanol–water partition coefficient (Wildman–Crippen LogP) is 2.89. The molecule has 0 fully saturated rings. The minimum Gasteiger partial charge on any atom is -0.398 e. The van der Waals surface area contributed by atoms with Crippen molar-refractivity contribution < 1.29 is 0 Å². The van der Waals surface area contributed by atoms with Gasteiger partial charge in [-0.3, -0.25) is 5.84 Å². The summed E-state index contributed by atoms with van der Waals surface area (Å²) in [5.74, 6) is 5.68. The molecule has 0 saturated carbocycles. The summed E-state index contributed by atoms with van der Waals surface area (Å²) in [5, 5.41) is 0. The largest absolute Gasteiger partial charge is 0.398 e. The molecule has 0 spiro atoms. The van der Waals surface area contributed by atoms with Crippen molar-refractivity contribution in [1.29, 1.82) is 0 Å². The van der Waals surface area contributed by atoms with Crippen LogP contribution in [0.15, 0.2) is 46.9 Å². The van der Waals surface area contributed by atoms with Gasteiger partial charge in [0.05, 0.1) is 6.04 Å². The van der Waals surface area contributed by atoms with Crippen LogP contribution in [-0.2, 0) is 0 Å². The first kappa shape index (κ1) is 13.1. The average molecular weight is 306 g/mol. The molecule has 2 rings (SSSR count). The summed E-state index contributed by atoms with van der Waals surface area (Å²) in [4.78, 5) is 0. The zero-order valence-corrected chi connectivity index (χ0v) is 11.7. The minimum absolute atomic E-state index is 0.109. The Morgan fingerprint density at radius 3 is 2.61 bits per heavy atom. The van der Waals surface area contributed by atoms with Gasteiger partial charge >= 0.3 is 0 Å². The lowest BCUT2D eigenvalue weighted by atomic mass is 9.97. The summed E-state index contributed by atoms with van der Waals surface area (Å²) in [7, 11) is 0. The number of benzene rings is 2. The SMILES string of the molecule is Cc1cccc(C(NN)c2cc(Br)ccc2N)c1. The Hall–Kier alpha value is -1.36. The molecule has 0 aromatic heterocycles. The molecule has 2 aromatic rings. The van der Waals surface area contributed by atoms with Crippen molar-refractivity contribution in [2.45, 2.75) is 13.0 Å². The van der Waals surface area contributed by atoms with E-state index in [0.29, 0.717) is 0 Å². The maximum absolute atomic E-state index is 6.02. The molecule has 0 amide bonds. The van der Waals surface area contributed by atoms with Gasteiger partial charge in [0.1, 0.15) is 0 Å². The van der Waals surface area contributed by atoms with Gasteiger partial charge in [0.15, 0.2) is 0 Å². The van der Waals surface area contributed by atoms with E-state index in [1.54, 1.807) is 0 Å². The highest BCUT2D eigenvalue weighted by molar-refractivity contribution is 9.10. The molecule has 3 nitrogen and oxygen atoms in total. The van der Waals surface area contributed by atoms with Gasteiger partial charge in [-0.1, -0.05) is 45.8 Å². The molecule has 0 saturated heterocycles. The van der Waals surface area contributed by atoms with Crippen LogP contribution < -0.4 is 17.0 Å². The van der Waals surface area contributed by atoms with Crippen molar-refractivity contribution in [3.63, 3.8) is 0 Å². The van der Waals surface area contributed by atoms with Gasteiger partial charge in [-0.2, -0.15) is 0 Å². The quantitative estimate of drug-likeness (QED) is 0.464. The number of aryl methyl sites for hydroxylation is 1. The van der Waals surface area contributed by atoms with Crippen LogP contribution in [0.25, 0.3) is 0 Å². The zero-order valence-electron chi connectivity index (χ0n) is 10.2. The van der Waals surface area contributed by atoms with Crippen LogP contribution in [0.4, 0.5) is 5.69 Å². The number of hydrazine groups is 1. The summed E-state index contributed by atoms with van der Waals surface area (Å²) in [5.41, 5.74) is 12.8. The lowest BCUT2D eigenvalue weighted by Crippen LogP contribution is -2.29. The van der Waals surface area contributed by atoms with E-state index in [9.17, 15) is 0 Å². The molecule has 0 radical (unpaired) electrons. The number of nitrogen functional groups attached to an aromatic ring is 1. The van der Waals surface area contributed by atoms with Gasteiger partial charge in [-0.15, -0.1) is 0 Å². The number of nitrogens with two attached hydrogens (primary N) is 2. The highest BCUT2D eigenvalue weighted by Gasteiger charge is 2.15. The highest BCUT2D eigenvalue weighted by atomic mass is 79.9. The van der Waals surface area contributed by atoms with Crippen LogP contribution in [0.2, 0.25) is 0 Å². The van der Waals surface area contributed by atoms with Crippen LogP contribution >= 0.6 is 15.9 Å². The Bertz CT molecular complexity index is 554. The first-order chi connectivity index (χ1) is 8.61. The lowest BCUT2D eigenvalue weighted by Gasteiger charge is -2.19. The number of halogens is 1. The summed E-state index contributed by atoms with van der Waals surface area (Å²) < 4.78 is 0.986. The molecule has 1 unspecified atom stereocenters. The van der Waals surface area contributed by atoms with E-state index in [2.05, 4.69) is 40.4 Å². The number of rotatable bonds is 3. The normalized spacial score (nSPS) is 12.4. The fraction of sp³-hybridized carbons (Fsp3) is 0.143. The molecule has 0 heterocycles. The smallest absolute Gasteiger partial charge is 0.0730 e. The van der Waals surface area contributed by atoms with E-state index in [1.807, 2.05) is 30.3 Å². The summed E-state index contributed by atoms with van der Waals surface area (Å²) in [6.45, 7) is 2.06. The third-order valence-electron chi connectivity index (χ3n) is 2.90. The maximum atomic E-state index is 6.02. The minimum atomic E-state index is -0.109. The van der Waals surface area contributed by atoms with Gasteiger partial charge in [0.25, 0.3) is 0 Å². The van der Waals surface area contributed by atoms with Crippen molar-refractivity contribution in [2.75, 3.05) is 5.73 Å². The number of anilines is 1. The molecule has 18 heavy (non-hydrogen) atoms. The second-order valence-corrected chi connectivity index (χ2v) is 5.20. The first-order valence-corrected chi connectivity index (χ1v) is 6.48. The molecule has 5 N–H and O–H groups in total. The second kappa shape index (κ2) is 5.52. The van der Waals surface area contributed by atoms with Gasteiger partial charge in [0, 0.05) is 10.2 Å². The fourth-order valence-corrected chi connectivity index (χ4v) is 2.39. The standard InChI is InChI=1S/C14H16BrN3/c1-9-3-2-4-10(7-9)14(18-17)12-8-11(15)5-6-13(12)16/h2-8,14,18H,16-17H2,1H3. The Balaban J connectivity index is 2.48. The molecule has 0 aliphatic carbocycles. The van der Waals surface area contributed by atoms with Crippen LogP contribution in [0.5, 0.6) is 0 Å². The Morgan fingerprint density at radius 2 is 1.94 bits per heavy atom. The van der Waals surface area contributed by atoms with E-state index >= 15 is 0 Å². The van der Waals surface area contributed by atoms with Crippen LogP contribution in [-0.4, -0.2) is 0 Å². The van der Waals surface area contributed by atoms with Crippen LogP contribution in [0, 0.1) is 6.92 Å². The molecule has 1 atom stereocenters. The number of hydrogen-bond donors (Lipinski definition) is 3. The Kier molecular flexibility index (Phi) is 4.01. The summed E-state index contributed by atoms with van der Waals surface area (Å²) in [6.07, 6.45) is 0. The third-order valence-corrected chi connectivity index (χ3v) is 3.40. The summed E-state index contributed by atoms with van der Waals surface area (Å²) >= 11 is 3.46. The fourth-order valence-electron chi connectivity index (χ4n) is 2.01. The monoisotopic (exact) mass is 305 g/mol. The van der Waals surface area contributed by atoms with E-state index in [1.165, 1.54) is 5.56 Å². The van der Waals surface area contributed by atoms with Gasteiger partial charge in [-0.05, 0) is 36.2 Å². The zero-order chi connectivity index (χ0) is 13.1. The maximum Gasteiger partial charge on any atom is 0.0730 e. The van der Waals surface area contributed by atoms with E-state index in [0.717, 1.165) is 21.3 Å². The van der Waals surface area contributed by atoms with Crippen molar-refractivity contribution in [1.82, 2.24) is 5.43 Å². The molecule has 0 aliphatic rings. The summed E-state index contributed by atoms with van der Waals surface area (Å²) in [6, 6.07) is 13.9. The van der Waals surface area contributed by atoms with Crippen molar-refractivity contribution in [3.8, 4) is 0 Å². The topological polar surface area (TPSA) is 64.1 Å². The molecule has 4 heteroatoms. The molecule has 0 bridgehead atoms. The van der Waals surface area contributed by atoms with Crippen molar-refractivity contribution in [3.05, 3.63) is 63.6 Å². The predicted molar refractivity (Wildman–Crippen MR) is 78.9 cm³/mol. The first-order valence-electron chi connectivity index (χ1n) is 5.69. The van der Waals surface area contributed by atoms with E-state index < -0.39 is 0 Å². The second-order valence-electron chi connectivity index (χ2n) is 4.29. The Labute approximate surface area is 115 Å². The molecule has 94 valence electrons. The Morgan fingerprint density at radius 1 is 1.17 bits per heavy atom. The van der Waals surface area contributed by atoms with Crippen LogP contribution in [0.3, 0.4) is 0 Å². The van der Waals surface area contributed by atoms with Crippen LogP contribution in [0.1, 0.15) is 22.7 Å². The van der Waals surface area contributed by atoms with Gasteiger partial charge < -0.3 is 5.73 Å². The third kappa shape index (κ3) is 2.72.